The number of aromatic nitrogens is 5. The van der Waals surface area contributed by atoms with Crippen molar-refractivity contribution in [3.63, 3.8) is 0 Å². The van der Waals surface area contributed by atoms with Crippen LogP contribution in [0.4, 0.5) is 10.2 Å². The number of nitrogens with two attached hydrogens (primary N) is 1. The molecule has 4 heterocycles. The Kier molecular flexibility index (Phi) is 5.29. The second-order valence-corrected chi connectivity index (χ2v) is 8.94. The zero-order valence-corrected chi connectivity index (χ0v) is 19.9. The van der Waals surface area contributed by atoms with Gasteiger partial charge in [0, 0.05) is 17.8 Å². The van der Waals surface area contributed by atoms with Gasteiger partial charge in [-0.1, -0.05) is 30.3 Å². The maximum Gasteiger partial charge on any atom is 0.263 e. The van der Waals surface area contributed by atoms with E-state index in [4.69, 9.17) is 10.8 Å². The molecule has 0 spiro atoms. The molecule has 0 bridgehead atoms. The second kappa shape index (κ2) is 8.66. The van der Waals surface area contributed by atoms with Gasteiger partial charge in [-0.2, -0.15) is 5.10 Å². The number of benzene rings is 2. The number of nitrogens with zero attached hydrogens (tertiary/aromatic N) is 5. The molecule has 1 aliphatic heterocycles. The molecule has 0 unspecified atom stereocenters. The van der Waals surface area contributed by atoms with Gasteiger partial charge in [0.15, 0.2) is 5.65 Å². The number of carbonyl (C=O) groups is 1. The standard InChI is InChI=1S/C27H22FN7O2/c1-15-5-4-6-16-11-18(35(27(37)22(15)16)21-8-3-2-7-19(21)28)13-34-25-23(24(29)31-14-32-25)20(33-34)12-17-9-10-30-26(17)36/h2-8,11-12,14H,9-10,13H2,1H3,(H,30,36)(H2,29,31,32). The van der Waals surface area contributed by atoms with Gasteiger partial charge in [0.2, 0.25) is 5.91 Å². The fourth-order valence-corrected chi connectivity index (χ4v) is 4.87. The average Bonchev–Trinajstić information content (AvgIpc) is 3.44. The number of nitrogens with one attached hydrogen (secondary N) is 1. The van der Waals surface area contributed by atoms with Crippen molar-refractivity contribution in [1.82, 2.24) is 29.6 Å². The summed E-state index contributed by atoms with van der Waals surface area (Å²) in [5, 5.41) is 9.24. The Hall–Kier alpha value is -4.86. The van der Waals surface area contributed by atoms with Gasteiger partial charge in [-0.05, 0) is 48.6 Å². The smallest absolute Gasteiger partial charge is 0.263 e. The van der Waals surface area contributed by atoms with Crippen LogP contribution in [-0.4, -0.2) is 36.8 Å². The van der Waals surface area contributed by atoms with Crippen LogP contribution in [0.15, 0.2) is 65.2 Å². The summed E-state index contributed by atoms with van der Waals surface area (Å²) >= 11 is 0. The fraction of sp³-hybridized carbons (Fsp3) is 0.148. The third-order valence-corrected chi connectivity index (χ3v) is 6.60. The molecule has 0 atom stereocenters. The Morgan fingerprint density at radius 3 is 2.73 bits per heavy atom. The molecule has 5 aromatic rings. The van der Waals surface area contributed by atoms with Crippen LogP contribution in [-0.2, 0) is 11.3 Å². The Bertz CT molecular complexity index is 1820. The van der Waals surface area contributed by atoms with Gasteiger partial charge >= 0.3 is 0 Å². The molecule has 3 aromatic heterocycles. The highest BCUT2D eigenvalue weighted by Gasteiger charge is 2.22. The van der Waals surface area contributed by atoms with Crippen molar-refractivity contribution in [1.29, 1.82) is 0 Å². The maximum absolute atomic E-state index is 15.0. The molecule has 37 heavy (non-hydrogen) atoms. The lowest BCUT2D eigenvalue weighted by Gasteiger charge is -2.16. The minimum absolute atomic E-state index is 0.0930. The molecule has 0 radical (unpaired) electrons. The first-order valence-corrected chi connectivity index (χ1v) is 11.8. The molecule has 9 nitrogen and oxygen atoms in total. The van der Waals surface area contributed by atoms with E-state index >= 15 is 0 Å². The van der Waals surface area contributed by atoms with Crippen LogP contribution in [0, 0.1) is 12.7 Å². The number of fused-ring (bicyclic) bond motifs is 2. The lowest BCUT2D eigenvalue weighted by Crippen LogP contribution is -2.25. The Morgan fingerprint density at radius 2 is 1.95 bits per heavy atom. The number of rotatable bonds is 4. The molecular weight excluding hydrogens is 473 g/mol. The monoisotopic (exact) mass is 495 g/mol. The quantitative estimate of drug-likeness (QED) is 0.370. The van der Waals surface area contributed by atoms with Crippen LogP contribution in [0.5, 0.6) is 0 Å². The van der Waals surface area contributed by atoms with E-state index in [1.165, 1.54) is 17.0 Å². The van der Waals surface area contributed by atoms with Gasteiger partial charge in [-0.25, -0.2) is 19.0 Å². The number of pyridine rings is 1. The summed E-state index contributed by atoms with van der Waals surface area (Å²) in [4.78, 5) is 34.4. The van der Waals surface area contributed by atoms with E-state index in [9.17, 15) is 14.0 Å². The molecule has 1 aliphatic rings. The number of para-hydroxylation sites is 1. The normalized spacial score (nSPS) is 14.6. The van der Waals surface area contributed by atoms with Crippen LogP contribution in [0.1, 0.15) is 23.4 Å². The number of aryl methyl sites for hydroxylation is 1. The van der Waals surface area contributed by atoms with Crippen molar-refractivity contribution in [3.8, 4) is 5.69 Å². The molecular formula is C27H22FN7O2. The molecule has 1 fully saturated rings. The van der Waals surface area contributed by atoms with E-state index in [0.717, 1.165) is 10.9 Å². The van der Waals surface area contributed by atoms with Crippen molar-refractivity contribution in [2.45, 2.75) is 19.9 Å². The van der Waals surface area contributed by atoms with Gasteiger partial charge in [-0.3, -0.25) is 14.2 Å². The largest absolute Gasteiger partial charge is 0.383 e. The van der Waals surface area contributed by atoms with Gasteiger partial charge in [0.25, 0.3) is 5.56 Å². The molecule has 3 N–H and O–H groups in total. The van der Waals surface area contributed by atoms with Gasteiger partial charge in [0.05, 0.1) is 28.7 Å². The maximum atomic E-state index is 15.0. The first-order chi connectivity index (χ1) is 17.9. The highest BCUT2D eigenvalue weighted by Crippen LogP contribution is 2.27. The molecule has 2 aromatic carbocycles. The second-order valence-electron chi connectivity index (χ2n) is 8.94. The number of hydrogen-bond acceptors (Lipinski definition) is 6. The minimum atomic E-state index is -0.520. The molecule has 0 saturated carbocycles. The first-order valence-electron chi connectivity index (χ1n) is 11.8. The molecule has 184 valence electrons. The zero-order valence-electron chi connectivity index (χ0n) is 19.9. The number of carbonyl (C=O) groups excluding carboxylic acids is 1. The summed E-state index contributed by atoms with van der Waals surface area (Å²) in [6.07, 6.45) is 3.59. The molecule has 6 rings (SSSR count). The third kappa shape index (κ3) is 3.74. The molecule has 10 heteroatoms. The molecule has 1 saturated heterocycles. The highest BCUT2D eigenvalue weighted by atomic mass is 19.1. The number of anilines is 1. The van der Waals surface area contributed by atoms with E-state index in [1.807, 2.05) is 31.2 Å². The van der Waals surface area contributed by atoms with Gasteiger partial charge in [0.1, 0.15) is 18.0 Å². The summed E-state index contributed by atoms with van der Waals surface area (Å²) < 4.78 is 18.0. The van der Waals surface area contributed by atoms with Crippen LogP contribution in [0.2, 0.25) is 0 Å². The van der Waals surface area contributed by atoms with Crippen molar-refractivity contribution in [3.05, 3.63) is 93.6 Å². The summed E-state index contributed by atoms with van der Waals surface area (Å²) in [6, 6.07) is 13.6. The topological polar surface area (TPSA) is 121 Å². The summed E-state index contributed by atoms with van der Waals surface area (Å²) in [7, 11) is 0. The summed E-state index contributed by atoms with van der Waals surface area (Å²) in [5.41, 5.74) is 8.79. The number of amides is 1. The van der Waals surface area contributed by atoms with E-state index in [-0.39, 0.29) is 29.5 Å². The fourth-order valence-electron chi connectivity index (χ4n) is 4.87. The summed E-state index contributed by atoms with van der Waals surface area (Å²) in [5.74, 6) is -0.452. The van der Waals surface area contributed by atoms with Crippen molar-refractivity contribution in [2.24, 2.45) is 0 Å². The van der Waals surface area contributed by atoms with Crippen molar-refractivity contribution in [2.75, 3.05) is 12.3 Å². The van der Waals surface area contributed by atoms with E-state index in [0.29, 0.717) is 46.3 Å². The molecule has 1 amide bonds. The predicted molar refractivity (Wildman–Crippen MR) is 139 cm³/mol. The van der Waals surface area contributed by atoms with Crippen LogP contribution in [0.3, 0.4) is 0 Å². The van der Waals surface area contributed by atoms with Gasteiger partial charge < -0.3 is 11.1 Å². The van der Waals surface area contributed by atoms with Crippen LogP contribution < -0.4 is 16.6 Å². The van der Waals surface area contributed by atoms with Crippen molar-refractivity contribution >= 4 is 39.6 Å². The Balaban J connectivity index is 1.59. The summed E-state index contributed by atoms with van der Waals surface area (Å²) in [6.45, 7) is 2.51. The predicted octanol–water partition coefficient (Wildman–Crippen LogP) is 3.11. The van der Waals surface area contributed by atoms with E-state index < -0.39 is 5.82 Å². The lowest BCUT2D eigenvalue weighted by molar-refractivity contribution is -0.116. The molecule has 0 aliphatic carbocycles. The Labute approximate surface area is 210 Å². The minimum Gasteiger partial charge on any atom is -0.383 e. The lowest BCUT2D eigenvalue weighted by atomic mass is 10.1. The number of hydrogen-bond donors (Lipinski definition) is 2. The van der Waals surface area contributed by atoms with Crippen LogP contribution in [0.25, 0.3) is 33.6 Å². The zero-order chi connectivity index (χ0) is 25.7. The number of nitrogen functional groups attached to an aromatic ring is 1. The van der Waals surface area contributed by atoms with E-state index in [1.54, 1.807) is 29.0 Å². The number of halogens is 1. The first kappa shape index (κ1) is 22.6. The third-order valence-electron chi connectivity index (χ3n) is 6.60. The average molecular weight is 496 g/mol. The van der Waals surface area contributed by atoms with Gasteiger partial charge in [-0.15, -0.1) is 0 Å². The highest BCUT2D eigenvalue weighted by molar-refractivity contribution is 6.02. The van der Waals surface area contributed by atoms with Crippen molar-refractivity contribution < 1.29 is 9.18 Å². The Morgan fingerprint density at radius 1 is 1.11 bits per heavy atom. The van der Waals surface area contributed by atoms with E-state index in [2.05, 4.69) is 15.3 Å². The van der Waals surface area contributed by atoms with Crippen LogP contribution >= 0.6 is 0 Å². The SMILES string of the molecule is Cc1cccc2cc(Cn3nc(C=C4CCNC4=O)c4c(N)ncnc43)n(-c3ccccc3F)c(=O)c12.